The summed E-state index contributed by atoms with van der Waals surface area (Å²) in [5, 5.41) is 11.0. The molecule has 30 heavy (non-hydrogen) atoms. The third kappa shape index (κ3) is 6.07. The summed E-state index contributed by atoms with van der Waals surface area (Å²) in [7, 11) is 0. The molecule has 164 valence electrons. The highest BCUT2D eigenvalue weighted by atomic mass is 16.5. The summed E-state index contributed by atoms with van der Waals surface area (Å²) >= 11 is 0. The number of anilines is 1. The molecule has 2 aromatic rings. The standard InChI is InChI=1S/C24H31NO4.H2O/c1-4-7-8-12-17-29-24(28)19-15-16-20(25(5-2)6-3)23(27)21(19)22(26)18-13-10-9-11-14-18;/h9-11,13-16,27H,4-8,12,17H2,1-3H3;1H2. The highest BCUT2D eigenvalue weighted by Crippen LogP contribution is 2.35. The van der Waals surface area contributed by atoms with Crippen molar-refractivity contribution < 1.29 is 24.9 Å². The lowest BCUT2D eigenvalue weighted by atomic mass is 9.96. The number of ketones is 1. The van der Waals surface area contributed by atoms with Gasteiger partial charge in [0.15, 0.2) is 11.5 Å². The molecule has 0 bridgehead atoms. The van der Waals surface area contributed by atoms with Crippen molar-refractivity contribution in [3.63, 3.8) is 0 Å². The zero-order valence-corrected chi connectivity index (χ0v) is 18.1. The molecular formula is C24H33NO5. The molecule has 0 amide bonds. The van der Waals surface area contributed by atoms with E-state index >= 15 is 0 Å². The van der Waals surface area contributed by atoms with Crippen LogP contribution in [0.2, 0.25) is 0 Å². The summed E-state index contributed by atoms with van der Waals surface area (Å²) in [5.41, 5.74) is 1.05. The van der Waals surface area contributed by atoms with Gasteiger partial charge in [0.25, 0.3) is 0 Å². The van der Waals surface area contributed by atoms with E-state index in [9.17, 15) is 14.7 Å². The zero-order chi connectivity index (χ0) is 21.2. The predicted octanol–water partition coefficient (Wildman–Crippen LogP) is 4.38. The molecule has 0 aromatic heterocycles. The Labute approximate surface area is 178 Å². The van der Waals surface area contributed by atoms with Gasteiger partial charge in [0, 0.05) is 18.7 Å². The number of hydrogen-bond donors (Lipinski definition) is 1. The number of carbonyl (C=O) groups excluding carboxylic acids is 2. The second kappa shape index (κ2) is 12.6. The molecule has 0 aliphatic carbocycles. The third-order valence-electron chi connectivity index (χ3n) is 4.97. The molecule has 6 heteroatoms. The van der Waals surface area contributed by atoms with Crippen molar-refractivity contribution >= 4 is 17.4 Å². The second-order valence-corrected chi connectivity index (χ2v) is 6.92. The van der Waals surface area contributed by atoms with Gasteiger partial charge in [0.1, 0.15) is 0 Å². The van der Waals surface area contributed by atoms with E-state index in [1.165, 1.54) is 0 Å². The van der Waals surface area contributed by atoms with Gasteiger partial charge in [0.05, 0.1) is 23.4 Å². The number of aromatic hydroxyl groups is 1. The van der Waals surface area contributed by atoms with Gasteiger partial charge in [-0.1, -0.05) is 56.5 Å². The van der Waals surface area contributed by atoms with E-state index in [4.69, 9.17) is 4.74 Å². The van der Waals surface area contributed by atoms with Gasteiger partial charge in [-0.05, 0) is 32.4 Å². The average Bonchev–Trinajstić information content (AvgIpc) is 2.75. The topological polar surface area (TPSA) is 98.3 Å². The van der Waals surface area contributed by atoms with Crippen LogP contribution >= 0.6 is 0 Å². The normalized spacial score (nSPS) is 10.2. The smallest absolute Gasteiger partial charge is 0.339 e. The monoisotopic (exact) mass is 415 g/mol. The second-order valence-electron chi connectivity index (χ2n) is 6.92. The van der Waals surface area contributed by atoms with E-state index < -0.39 is 11.8 Å². The molecule has 0 saturated heterocycles. The van der Waals surface area contributed by atoms with Gasteiger partial charge in [-0.2, -0.15) is 0 Å². The Morgan fingerprint density at radius 2 is 1.60 bits per heavy atom. The molecule has 2 aromatic carbocycles. The van der Waals surface area contributed by atoms with Crippen LogP contribution in [0, 0.1) is 0 Å². The van der Waals surface area contributed by atoms with Gasteiger partial charge in [0.2, 0.25) is 0 Å². The summed E-state index contributed by atoms with van der Waals surface area (Å²) in [5.74, 6) is -1.15. The Morgan fingerprint density at radius 3 is 2.20 bits per heavy atom. The number of benzene rings is 2. The summed E-state index contributed by atoms with van der Waals surface area (Å²) in [4.78, 5) is 27.8. The fraction of sp³-hybridized carbons (Fsp3) is 0.417. The number of phenolic OH excluding ortho intramolecular Hbond substituents is 1. The molecule has 3 N–H and O–H groups in total. The van der Waals surface area contributed by atoms with Crippen LogP contribution in [0.5, 0.6) is 5.75 Å². The van der Waals surface area contributed by atoms with Crippen LogP contribution in [0.1, 0.15) is 72.7 Å². The minimum Gasteiger partial charge on any atom is -0.505 e. The third-order valence-corrected chi connectivity index (χ3v) is 4.97. The van der Waals surface area contributed by atoms with Gasteiger partial charge in [-0.25, -0.2) is 4.79 Å². The largest absolute Gasteiger partial charge is 0.505 e. The molecular weight excluding hydrogens is 382 g/mol. The van der Waals surface area contributed by atoms with E-state index in [0.717, 1.165) is 25.7 Å². The molecule has 6 nitrogen and oxygen atoms in total. The molecule has 0 heterocycles. The van der Waals surface area contributed by atoms with E-state index in [1.54, 1.807) is 36.4 Å². The maximum absolute atomic E-state index is 13.2. The van der Waals surface area contributed by atoms with Crippen molar-refractivity contribution in [1.29, 1.82) is 0 Å². The van der Waals surface area contributed by atoms with Crippen molar-refractivity contribution in [2.24, 2.45) is 0 Å². The van der Waals surface area contributed by atoms with Crippen LogP contribution in [0.15, 0.2) is 42.5 Å². The number of hydrogen-bond acceptors (Lipinski definition) is 5. The Morgan fingerprint density at radius 1 is 0.933 bits per heavy atom. The molecule has 0 spiro atoms. The summed E-state index contributed by atoms with van der Waals surface area (Å²) < 4.78 is 5.39. The summed E-state index contributed by atoms with van der Waals surface area (Å²) in [6.07, 6.45) is 3.97. The SMILES string of the molecule is CCCCCCOC(=O)c1ccc(N(CC)CC)c(O)c1C(=O)c1ccccc1.O. The lowest BCUT2D eigenvalue weighted by Crippen LogP contribution is -2.23. The van der Waals surface area contributed by atoms with Crippen LogP contribution in [-0.2, 0) is 4.74 Å². The lowest BCUT2D eigenvalue weighted by molar-refractivity contribution is 0.0494. The fourth-order valence-corrected chi connectivity index (χ4v) is 3.30. The Hall–Kier alpha value is -2.86. The number of rotatable bonds is 11. The number of esters is 1. The first-order chi connectivity index (χ1) is 14.0. The fourth-order valence-electron chi connectivity index (χ4n) is 3.30. The number of carbonyl (C=O) groups is 2. The van der Waals surface area contributed by atoms with E-state index in [2.05, 4.69) is 6.92 Å². The summed E-state index contributed by atoms with van der Waals surface area (Å²) in [6.45, 7) is 7.71. The van der Waals surface area contributed by atoms with Crippen LogP contribution in [-0.4, -0.2) is 42.0 Å². The molecule has 0 radical (unpaired) electrons. The van der Waals surface area contributed by atoms with Crippen molar-refractivity contribution in [2.75, 3.05) is 24.6 Å². The highest BCUT2D eigenvalue weighted by Gasteiger charge is 2.26. The number of ether oxygens (including phenoxy) is 1. The molecule has 0 aliphatic heterocycles. The van der Waals surface area contributed by atoms with Crippen LogP contribution in [0.4, 0.5) is 5.69 Å². The Kier molecular flexibility index (Phi) is 10.6. The first-order valence-electron chi connectivity index (χ1n) is 10.4. The maximum Gasteiger partial charge on any atom is 0.339 e. The number of nitrogens with zero attached hydrogens (tertiary/aromatic N) is 1. The molecule has 0 atom stereocenters. The Balaban J connectivity index is 0.00000450. The molecule has 0 saturated carbocycles. The molecule has 0 unspecified atom stereocenters. The van der Waals surface area contributed by atoms with Gasteiger partial charge < -0.3 is 20.2 Å². The first kappa shape index (κ1) is 25.2. The number of phenols is 1. The number of unbranched alkanes of at least 4 members (excludes halogenated alkanes) is 3. The van der Waals surface area contributed by atoms with Crippen molar-refractivity contribution in [3.8, 4) is 5.75 Å². The van der Waals surface area contributed by atoms with Crippen molar-refractivity contribution in [1.82, 2.24) is 0 Å². The average molecular weight is 416 g/mol. The van der Waals surface area contributed by atoms with Crippen LogP contribution in [0.25, 0.3) is 0 Å². The summed E-state index contributed by atoms with van der Waals surface area (Å²) in [6, 6.07) is 11.9. The van der Waals surface area contributed by atoms with Gasteiger partial charge in [-0.15, -0.1) is 0 Å². The van der Waals surface area contributed by atoms with Crippen molar-refractivity contribution in [3.05, 3.63) is 59.2 Å². The maximum atomic E-state index is 13.2. The van der Waals surface area contributed by atoms with Crippen LogP contribution < -0.4 is 4.90 Å². The minimum absolute atomic E-state index is 0. The van der Waals surface area contributed by atoms with Crippen molar-refractivity contribution in [2.45, 2.75) is 46.5 Å². The van der Waals surface area contributed by atoms with E-state index in [0.29, 0.717) is 30.9 Å². The lowest BCUT2D eigenvalue weighted by Gasteiger charge is -2.24. The highest BCUT2D eigenvalue weighted by molar-refractivity contribution is 6.17. The molecule has 2 rings (SSSR count). The van der Waals surface area contributed by atoms with Gasteiger partial charge in [-0.3, -0.25) is 4.79 Å². The van der Waals surface area contributed by atoms with E-state index in [1.807, 2.05) is 24.8 Å². The van der Waals surface area contributed by atoms with E-state index in [-0.39, 0.29) is 22.4 Å². The van der Waals surface area contributed by atoms with Crippen LogP contribution in [0.3, 0.4) is 0 Å². The molecule has 0 aliphatic rings. The van der Waals surface area contributed by atoms with Gasteiger partial charge >= 0.3 is 5.97 Å². The zero-order valence-electron chi connectivity index (χ0n) is 18.1. The first-order valence-corrected chi connectivity index (χ1v) is 10.4. The molecule has 0 fully saturated rings. The predicted molar refractivity (Wildman–Crippen MR) is 120 cm³/mol. The Bertz CT molecular complexity index is 816. The quantitative estimate of drug-likeness (QED) is 0.334. The minimum atomic E-state index is -0.581.